The monoisotopic (exact) mass is 531 g/mol. The number of carboxylic acids is 2. The van der Waals surface area contributed by atoms with Gasteiger partial charge in [-0.2, -0.15) is 0 Å². The minimum Gasteiger partial charge on any atom is -0.497 e. The lowest BCUT2D eigenvalue weighted by Crippen LogP contribution is -2.07. The fraction of sp³-hybridized carbons (Fsp3) is 0.464. The summed E-state index contributed by atoms with van der Waals surface area (Å²) in [5, 5.41) is 17.7. The van der Waals surface area contributed by atoms with Gasteiger partial charge in [-0.1, -0.05) is 37.8 Å². The van der Waals surface area contributed by atoms with E-state index in [9.17, 15) is 13.8 Å². The van der Waals surface area contributed by atoms with E-state index < -0.39 is 22.7 Å². The number of pyridine rings is 1. The van der Waals surface area contributed by atoms with E-state index in [2.05, 4.69) is 17.1 Å². The van der Waals surface area contributed by atoms with E-state index >= 15 is 0 Å². The zero-order valence-corrected chi connectivity index (χ0v) is 22.2. The molecule has 0 amide bonds. The SMILES string of the molecule is COc1ccc(CCCCCCCCOc2ccc(CS(=O)CCCC(=O)O)nc2/C=C/C(=O)O)cc1. The van der Waals surface area contributed by atoms with Crippen molar-refractivity contribution in [3.63, 3.8) is 0 Å². The summed E-state index contributed by atoms with van der Waals surface area (Å²) in [4.78, 5) is 26.0. The van der Waals surface area contributed by atoms with Crippen LogP contribution in [-0.4, -0.2) is 50.8 Å². The Bertz CT molecular complexity index is 1040. The van der Waals surface area contributed by atoms with Crippen LogP contribution in [0.4, 0.5) is 0 Å². The number of benzene rings is 1. The number of hydrogen-bond acceptors (Lipinski definition) is 6. The van der Waals surface area contributed by atoms with Crippen LogP contribution in [0.15, 0.2) is 42.5 Å². The summed E-state index contributed by atoms with van der Waals surface area (Å²) >= 11 is 0. The van der Waals surface area contributed by atoms with Gasteiger partial charge in [-0.25, -0.2) is 9.78 Å². The molecule has 37 heavy (non-hydrogen) atoms. The molecule has 1 unspecified atom stereocenters. The van der Waals surface area contributed by atoms with Gasteiger partial charge < -0.3 is 19.7 Å². The molecular formula is C28H37NO7S. The zero-order chi connectivity index (χ0) is 26.9. The van der Waals surface area contributed by atoms with Gasteiger partial charge in [-0.3, -0.25) is 9.00 Å². The van der Waals surface area contributed by atoms with E-state index in [4.69, 9.17) is 19.7 Å². The Morgan fingerprint density at radius 1 is 0.946 bits per heavy atom. The minimum absolute atomic E-state index is 0.0256. The number of unbranched alkanes of at least 4 members (excludes halogenated alkanes) is 5. The Kier molecular flexibility index (Phi) is 14.0. The summed E-state index contributed by atoms with van der Waals surface area (Å²) in [5.41, 5.74) is 2.24. The molecule has 1 aromatic carbocycles. The van der Waals surface area contributed by atoms with Crippen LogP contribution in [0.25, 0.3) is 6.08 Å². The van der Waals surface area contributed by atoms with E-state index in [1.54, 1.807) is 19.2 Å². The molecule has 9 heteroatoms. The van der Waals surface area contributed by atoms with Crippen molar-refractivity contribution in [3.05, 3.63) is 59.4 Å². The quantitative estimate of drug-likeness (QED) is 0.186. The molecule has 0 fully saturated rings. The molecule has 0 saturated carbocycles. The molecule has 2 N–H and O–H groups in total. The molecule has 0 bridgehead atoms. The van der Waals surface area contributed by atoms with Gasteiger partial charge in [0.05, 0.1) is 25.2 Å². The molecular weight excluding hydrogens is 494 g/mol. The van der Waals surface area contributed by atoms with Crippen molar-refractivity contribution in [3.8, 4) is 11.5 Å². The van der Waals surface area contributed by atoms with Crippen molar-refractivity contribution in [1.82, 2.24) is 4.98 Å². The molecule has 2 rings (SSSR count). The number of carbonyl (C=O) groups is 2. The molecule has 2 aromatic rings. The van der Waals surface area contributed by atoms with Crippen molar-refractivity contribution in [2.45, 2.75) is 63.5 Å². The lowest BCUT2D eigenvalue weighted by Gasteiger charge is -2.11. The topological polar surface area (TPSA) is 123 Å². The first-order valence-corrected chi connectivity index (χ1v) is 14.1. The highest BCUT2D eigenvalue weighted by Crippen LogP contribution is 2.21. The molecule has 0 aliphatic rings. The van der Waals surface area contributed by atoms with Crippen LogP contribution in [0.1, 0.15) is 68.3 Å². The largest absolute Gasteiger partial charge is 0.497 e. The van der Waals surface area contributed by atoms with Gasteiger partial charge in [0, 0.05) is 29.0 Å². The summed E-state index contributed by atoms with van der Waals surface area (Å²) in [5.74, 6) is -0.202. The number of methoxy groups -OCH3 is 1. The first kappa shape index (κ1) is 30.0. The van der Waals surface area contributed by atoms with Crippen LogP contribution in [-0.2, 0) is 32.6 Å². The van der Waals surface area contributed by atoms with Crippen molar-refractivity contribution in [2.24, 2.45) is 0 Å². The summed E-state index contributed by atoms with van der Waals surface area (Å²) < 4.78 is 23.3. The summed E-state index contributed by atoms with van der Waals surface area (Å²) in [6.07, 6.45) is 10.3. The van der Waals surface area contributed by atoms with Gasteiger partial charge in [0.1, 0.15) is 17.2 Å². The Hall–Kier alpha value is -3.20. The van der Waals surface area contributed by atoms with Gasteiger partial charge >= 0.3 is 11.9 Å². The third-order valence-electron chi connectivity index (χ3n) is 5.68. The molecule has 0 aliphatic heterocycles. The number of rotatable bonds is 19. The van der Waals surface area contributed by atoms with Gasteiger partial charge in [-0.05, 0) is 61.6 Å². The maximum absolute atomic E-state index is 12.2. The Morgan fingerprint density at radius 2 is 1.65 bits per heavy atom. The maximum Gasteiger partial charge on any atom is 0.328 e. The third kappa shape index (κ3) is 13.1. The van der Waals surface area contributed by atoms with Crippen molar-refractivity contribution in [2.75, 3.05) is 19.5 Å². The smallest absolute Gasteiger partial charge is 0.328 e. The predicted molar refractivity (Wildman–Crippen MR) is 144 cm³/mol. The van der Waals surface area contributed by atoms with Crippen LogP contribution in [0.3, 0.4) is 0 Å². The van der Waals surface area contributed by atoms with Gasteiger partial charge in [0.15, 0.2) is 0 Å². The second kappa shape index (κ2) is 17.3. The van der Waals surface area contributed by atoms with Crippen LogP contribution >= 0.6 is 0 Å². The van der Waals surface area contributed by atoms with Gasteiger partial charge in [0.2, 0.25) is 0 Å². The number of aliphatic carboxylic acids is 2. The zero-order valence-electron chi connectivity index (χ0n) is 21.4. The number of hydrogen-bond donors (Lipinski definition) is 2. The number of aromatic nitrogens is 1. The number of ether oxygens (including phenoxy) is 2. The van der Waals surface area contributed by atoms with Crippen molar-refractivity contribution >= 4 is 28.8 Å². The van der Waals surface area contributed by atoms with Crippen LogP contribution in [0.5, 0.6) is 11.5 Å². The molecule has 1 heterocycles. The molecule has 1 atom stereocenters. The van der Waals surface area contributed by atoms with E-state index in [0.29, 0.717) is 30.2 Å². The van der Waals surface area contributed by atoms with Crippen molar-refractivity contribution in [1.29, 1.82) is 0 Å². The number of nitrogens with zero attached hydrogens (tertiary/aromatic N) is 1. The highest BCUT2D eigenvalue weighted by atomic mass is 32.2. The molecule has 1 aromatic heterocycles. The lowest BCUT2D eigenvalue weighted by atomic mass is 10.0. The molecule has 0 radical (unpaired) electrons. The second-order valence-electron chi connectivity index (χ2n) is 8.71. The lowest BCUT2D eigenvalue weighted by molar-refractivity contribution is -0.137. The standard InChI is InChI=1S/C28H37NO7S/c1-35-24-14-11-22(12-15-24)9-6-4-2-3-5-7-19-36-26-17-13-23(29-25(26)16-18-28(32)33)21-37(34)20-8-10-27(30)31/h11-18H,2-10,19-21H2,1H3,(H,30,31)(H,32,33)/b18-16+. The van der Waals surface area contributed by atoms with Crippen molar-refractivity contribution < 1.29 is 33.5 Å². The molecule has 8 nitrogen and oxygen atoms in total. The second-order valence-corrected chi connectivity index (χ2v) is 10.3. The Balaban J connectivity index is 1.72. The van der Waals surface area contributed by atoms with Crippen LogP contribution in [0, 0.1) is 0 Å². The third-order valence-corrected chi connectivity index (χ3v) is 7.04. The first-order valence-electron chi connectivity index (χ1n) is 12.6. The van der Waals surface area contributed by atoms with E-state index in [-0.39, 0.29) is 17.9 Å². The summed E-state index contributed by atoms with van der Waals surface area (Å²) in [6.45, 7) is 0.502. The normalized spacial score (nSPS) is 11.9. The average Bonchev–Trinajstić information content (AvgIpc) is 2.87. The molecule has 0 aliphatic carbocycles. The van der Waals surface area contributed by atoms with Gasteiger partial charge in [0.25, 0.3) is 0 Å². The first-order chi connectivity index (χ1) is 17.9. The minimum atomic E-state index is -1.25. The number of aryl methyl sites for hydroxylation is 1. The summed E-state index contributed by atoms with van der Waals surface area (Å²) in [6, 6.07) is 11.6. The molecule has 0 spiro atoms. The van der Waals surface area contributed by atoms with Crippen LogP contribution in [0.2, 0.25) is 0 Å². The van der Waals surface area contributed by atoms with E-state index in [1.807, 2.05) is 12.1 Å². The Morgan fingerprint density at radius 3 is 2.32 bits per heavy atom. The highest BCUT2D eigenvalue weighted by Gasteiger charge is 2.10. The predicted octanol–water partition coefficient (Wildman–Crippen LogP) is 5.26. The average molecular weight is 532 g/mol. The fourth-order valence-corrected chi connectivity index (χ4v) is 4.81. The Labute approximate surface area is 221 Å². The highest BCUT2D eigenvalue weighted by molar-refractivity contribution is 7.84. The maximum atomic E-state index is 12.2. The van der Waals surface area contributed by atoms with Gasteiger partial charge in [-0.15, -0.1) is 0 Å². The number of carboxylic acid groups (broad SMARTS) is 2. The van der Waals surface area contributed by atoms with Crippen LogP contribution < -0.4 is 9.47 Å². The van der Waals surface area contributed by atoms with E-state index in [0.717, 1.165) is 43.9 Å². The summed E-state index contributed by atoms with van der Waals surface area (Å²) in [7, 11) is 0.419. The molecule has 0 saturated heterocycles. The van der Waals surface area contributed by atoms with E-state index in [1.165, 1.54) is 24.5 Å². The fourth-order valence-electron chi connectivity index (χ4n) is 3.71. The molecule has 202 valence electrons.